The van der Waals surface area contributed by atoms with Gasteiger partial charge in [0.25, 0.3) is 5.91 Å². The maximum Gasteiger partial charge on any atom is 0.416 e. The van der Waals surface area contributed by atoms with Gasteiger partial charge >= 0.3 is 24.5 Å². The lowest BCUT2D eigenvalue weighted by atomic mass is 9.98. The average molecular weight is 684 g/mol. The van der Waals surface area contributed by atoms with Crippen molar-refractivity contribution in [3.63, 3.8) is 0 Å². The number of piperidine rings is 2. The first-order chi connectivity index (χ1) is 22.6. The van der Waals surface area contributed by atoms with Crippen molar-refractivity contribution >= 4 is 23.7 Å². The molecule has 0 bridgehead atoms. The van der Waals surface area contributed by atoms with Crippen LogP contribution < -0.4 is 5.32 Å². The van der Waals surface area contributed by atoms with Gasteiger partial charge in [0.05, 0.1) is 11.1 Å². The topological polar surface area (TPSA) is 85.4 Å². The highest BCUT2D eigenvalue weighted by atomic mass is 19.4. The van der Waals surface area contributed by atoms with E-state index in [0.717, 1.165) is 11.3 Å². The van der Waals surface area contributed by atoms with Crippen molar-refractivity contribution in [3.8, 4) is 0 Å². The molecule has 3 heterocycles. The molecule has 0 aromatic heterocycles. The molecule has 0 saturated carbocycles. The number of nitrogens with zero attached hydrogens (tertiary/aromatic N) is 4. The predicted molar refractivity (Wildman–Crippen MR) is 164 cm³/mol. The Morgan fingerprint density at radius 2 is 1.46 bits per heavy atom. The minimum atomic E-state index is -5.07. The molecule has 9 nitrogen and oxygen atoms in total. The zero-order valence-electron chi connectivity index (χ0n) is 26.7. The summed E-state index contributed by atoms with van der Waals surface area (Å²) in [5.41, 5.74) is -1.70. The van der Waals surface area contributed by atoms with Crippen LogP contribution in [0.15, 0.2) is 42.5 Å². The van der Waals surface area contributed by atoms with Crippen molar-refractivity contribution in [1.82, 2.24) is 19.6 Å². The summed E-state index contributed by atoms with van der Waals surface area (Å²) in [5, 5.41) is 2.93. The van der Waals surface area contributed by atoms with Crippen LogP contribution >= 0.6 is 0 Å². The van der Waals surface area contributed by atoms with Crippen molar-refractivity contribution in [1.29, 1.82) is 0 Å². The fourth-order valence-corrected chi connectivity index (χ4v) is 6.63. The van der Waals surface area contributed by atoms with Gasteiger partial charge in [0.2, 0.25) is 0 Å². The number of alkyl halides is 6. The molecule has 48 heavy (non-hydrogen) atoms. The number of hydrogen-bond acceptors (Lipinski definition) is 5. The summed E-state index contributed by atoms with van der Waals surface area (Å²) < 4.78 is 87.2. The standard InChI is InChI=1S/C33H39F6N5O4/c1-41(2)25-8-12-42(13-9-25)29(45)28(19-21-17-23(32(34,35)36)20-24(18-21)33(37,38)39)48-31(47)43-14-10-26(11-15-43)44-16-7-22-5-3-4-6-27(22)40-30(44)46/h3-6,17-18,20,25-26,28H,7-16,19H2,1-2H3,(H,40,46)/t28-/m1/s1. The Kier molecular flexibility index (Phi) is 10.5. The summed E-state index contributed by atoms with van der Waals surface area (Å²) >= 11 is 0. The van der Waals surface area contributed by atoms with Gasteiger partial charge in [-0.25, -0.2) is 9.59 Å². The van der Waals surface area contributed by atoms with Crippen LogP contribution in [0.3, 0.4) is 0 Å². The summed E-state index contributed by atoms with van der Waals surface area (Å²) in [6.07, 6.45) is -10.7. The van der Waals surface area contributed by atoms with Gasteiger partial charge in [-0.05, 0) is 81.6 Å². The van der Waals surface area contributed by atoms with Gasteiger partial charge in [0.1, 0.15) is 0 Å². The molecule has 5 rings (SSSR count). The minimum Gasteiger partial charge on any atom is -0.436 e. The van der Waals surface area contributed by atoms with E-state index < -0.39 is 53.6 Å². The van der Waals surface area contributed by atoms with E-state index in [4.69, 9.17) is 4.74 Å². The Morgan fingerprint density at radius 3 is 2.04 bits per heavy atom. The number of urea groups is 1. The maximum atomic E-state index is 13.7. The molecular weight excluding hydrogens is 644 g/mol. The van der Waals surface area contributed by atoms with E-state index in [9.17, 15) is 40.7 Å². The highest BCUT2D eigenvalue weighted by Crippen LogP contribution is 2.37. The number of halogens is 6. The van der Waals surface area contributed by atoms with Gasteiger partial charge in [-0.3, -0.25) is 4.79 Å². The molecule has 0 radical (unpaired) electrons. The highest BCUT2D eigenvalue weighted by molar-refractivity contribution is 5.91. The number of likely N-dealkylation sites (tertiary alicyclic amines) is 2. The molecule has 2 aromatic rings. The van der Waals surface area contributed by atoms with Gasteiger partial charge in [0, 0.05) is 56.9 Å². The second-order valence-corrected chi connectivity index (χ2v) is 12.8. The molecule has 262 valence electrons. The number of nitrogens with one attached hydrogen (secondary N) is 1. The zero-order valence-corrected chi connectivity index (χ0v) is 26.7. The van der Waals surface area contributed by atoms with Crippen LogP contribution in [0.5, 0.6) is 0 Å². The van der Waals surface area contributed by atoms with Crippen LogP contribution in [-0.4, -0.2) is 103 Å². The molecule has 4 amide bonds. The normalized spacial score (nSPS) is 19.1. The van der Waals surface area contributed by atoms with E-state index in [1.165, 1.54) is 9.80 Å². The number of anilines is 1. The van der Waals surface area contributed by atoms with E-state index >= 15 is 0 Å². The smallest absolute Gasteiger partial charge is 0.416 e. The Morgan fingerprint density at radius 1 is 0.875 bits per heavy atom. The Bertz CT molecular complexity index is 1450. The number of para-hydroxylation sites is 1. The van der Waals surface area contributed by atoms with E-state index in [0.29, 0.717) is 63.9 Å². The lowest BCUT2D eigenvalue weighted by molar-refractivity contribution is -0.143. The third-order valence-electron chi connectivity index (χ3n) is 9.40. The molecule has 1 N–H and O–H groups in total. The van der Waals surface area contributed by atoms with Gasteiger partial charge in [-0.15, -0.1) is 0 Å². The largest absolute Gasteiger partial charge is 0.436 e. The zero-order chi connectivity index (χ0) is 34.8. The van der Waals surface area contributed by atoms with Crippen LogP contribution in [0.4, 0.5) is 41.6 Å². The fourth-order valence-electron chi connectivity index (χ4n) is 6.63. The first-order valence-corrected chi connectivity index (χ1v) is 15.9. The van der Waals surface area contributed by atoms with Gasteiger partial charge in [-0.2, -0.15) is 26.3 Å². The molecule has 1 atom stereocenters. The van der Waals surface area contributed by atoms with E-state index in [-0.39, 0.29) is 37.3 Å². The first-order valence-electron chi connectivity index (χ1n) is 15.9. The van der Waals surface area contributed by atoms with E-state index in [1.807, 2.05) is 43.3 Å². The molecule has 15 heteroatoms. The Labute approximate surface area is 274 Å². The SMILES string of the molecule is CN(C)C1CCN(C(=O)[C@@H](Cc2cc(C(F)(F)F)cc(C(F)(F)F)c2)OC(=O)N2CCC(N3CCc4ccccc4NC3=O)CC2)CC1. The highest BCUT2D eigenvalue weighted by Gasteiger charge is 2.39. The minimum absolute atomic E-state index is 0.0196. The Hall–Kier alpha value is -4.01. The molecular formula is C33H39F6N5O4. The Balaban J connectivity index is 1.30. The molecule has 2 saturated heterocycles. The monoisotopic (exact) mass is 683 g/mol. The average Bonchev–Trinajstić information content (AvgIpc) is 3.21. The number of ether oxygens (including phenoxy) is 1. The molecule has 0 aliphatic carbocycles. The van der Waals surface area contributed by atoms with Crippen LogP contribution in [0.1, 0.15) is 47.9 Å². The molecule has 0 spiro atoms. The van der Waals surface area contributed by atoms with Gasteiger partial charge in [0.15, 0.2) is 6.10 Å². The second-order valence-electron chi connectivity index (χ2n) is 12.8. The summed E-state index contributed by atoms with van der Waals surface area (Å²) in [4.78, 5) is 46.6. The molecule has 3 aliphatic heterocycles. The number of benzene rings is 2. The summed E-state index contributed by atoms with van der Waals surface area (Å²) in [7, 11) is 3.81. The van der Waals surface area contributed by atoms with Crippen molar-refractivity contribution < 1.29 is 45.5 Å². The maximum absolute atomic E-state index is 13.7. The lowest BCUT2D eigenvalue weighted by Crippen LogP contribution is -2.52. The summed E-state index contributed by atoms with van der Waals surface area (Å²) in [6, 6.07) is 8.41. The predicted octanol–water partition coefficient (Wildman–Crippen LogP) is 5.88. The van der Waals surface area contributed by atoms with Crippen LogP contribution in [0, 0.1) is 0 Å². The molecule has 2 fully saturated rings. The van der Waals surface area contributed by atoms with E-state index in [2.05, 4.69) is 5.32 Å². The summed E-state index contributed by atoms with van der Waals surface area (Å²) in [5.74, 6) is -0.679. The number of rotatable bonds is 6. The molecule has 2 aromatic carbocycles. The van der Waals surface area contributed by atoms with Crippen LogP contribution in [0.25, 0.3) is 0 Å². The van der Waals surface area contributed by atoms with E-state index in [1.54, 1.807) is 4.90 Å². The second kappa shape index (κ2) is 14.2. The van der Waals surface area contributed by atoms with Gasteiger partial charge in [-0.1, -0.05) is 18.2 Å². The number of fused-ring (bicyclic) bond motifs is 1. The van der Waals surface area contributed by atoms with Crippen LogP contribution in [-0.2, 0) is 34.7 Å². The van der Waals surface area contributed by atoms with Gasteiger partial charge < -0.3 is 29.7 Å². The number of amides is 4. The quantitative estimate of drug-likeness (QED) is 0.385. The fraction of sp³-hybridized carbons (Fsp3) is 0.545. The third kappa shape index (κ3) is 8.34. The molecule has 3 aliphatic rings. The van der Waals surface area contributed by atoms with Crippen molar-refractivity contribution in [3.05, 3.63) is 64.7 Å². The van der Waals surface area contributed by atoms with Crippen LogP contribution in [0.2, 0.25) is 0 Å². The number of carbonyl (C=O) groups excluding carboxylic acids is 3. The first kappa shape index (κ1) is 35.3. The third-order valence-corrected chi connectivity index (χ3v) is 9.40. The lowest BCUT2D eigenvalue weighted by Gasteiger charge is -2.39. The number of hydrogen-bond donors (Lipinski definition) is 1. The van der Waals surface area contributed by atoms with Crippen molar-refractivity contribution in [2.75, 3.05) is 52.1 Å². The summed E-state index contributed by atoms with van der Waals surface area (Å²) in [6.45, 7) is 1.42. The van der Waals surface area contributed by atoms with Crippen molar-refractivity contribution in [2.45, 2.75) is 69.1 Å². The number of carbonyl (C=O) groups is 3. The molecule has 0 unspecified atom stereocenters. The van der Waals surface area contributed by atoms with Crippen molar-refractivity contribution in [2.24, 2.45) is 0 Å².